The molecule has 194 valence electrons. The number of rotatable bonds is 7. The summed E-state index contributed by atoms with van der Waals surface area (Å²) in [5, 5.41) is 0.728. The van der Waals surface area contributed by atoms with Crippen LogP contribution in [0, 0.1) is 0 Å². The number of allylic oxidation sites excluding steroid dienone is 6. The molecule has 2 nitrogen and oxygen atoms in total. The standard InChI is InChI=1S/C36H33ClN2/c37-34-25-32(28-16-13-27(14-17-28)9-6-11-30-10-4-5-12-35(30)38)22-23-33(34)29-18-20-31(21-19-29)36(39)24-15-26-7-2-1-3-8-26/h1-2,4-6,10-25H,3,7-9,38-39H2/b11-6-,26-15+,36-24-. The van der Waals surface area contributed by atoms with Crippen LogP contribution in [-0.4, -0.2) is 0 Å². The Kier molecular flexibility index (Phi) is 8.45. The smallest absolute Gasteiger partial charge is 0.0490 e. The van der Waals surface area contributed by atoms with Crippen molar-refractivity contribution in [3.63, 3.8) is 0 Å². The van der Waals surface area contributed by atoms with Gasteiger partial charge in [0.2, 0.25) is 0 Å². The predicted molar refractivity (Wildman–Crippen MR) is 169 cm³/mol. The van der Waals surface area contributed by atoms with Crippen molar-refractivity contribution in [1.82, 2.24) is 0 Å². The Morgan fingerprint density at radius 3 is 2.28 bits per heavy atom. The number of hydrogen-bond donors (Lipinski definition) is 2. The molecule has 0 saturated heterocycles. The van der Waals surface area contributed by atoms with Gasteiger partial charge in [-0.3, -0.25) is 0 Å². The van der Waals surface area contributed by atoms with Gasteiger partial charge in [0.1, 0.15) is 0 Å². The number of para-hydroxylation sites is 1. The summed E-state index contributed by atoms with van der Waals surface area (Å²) in [6.45, 7) is 0. The molecule has 4 N–H and O–H groups in total. The van der Waals surface area contributed by atoms with Crippen LogP contribution in [0.3, 0.4) is 0 Å². The van der Waals surface area contributed by atoms with Gasteiger partial charge < -0.3 is 11.5 Å². The maximum Gasteiger partial charge on any atom is 0.0490 e. The van der Waals surface area contributed by atoms with Gasteiger partial charge in [0, 0.05) is 22.0 Å². The van der Waals surface area contributed by atoms with Crippen LogP contribution in [0.2, 0.25) is 5.02 Å². The number of benzene rings is 4. The summed E-state index contributed by atoms with van der Waals surface area (Å²) in [7, 11) is 0. The summed E-state index contributed by atoms with van der Waals surface area (Å²) in [5.74, 6) is 0. The minimum atomic E-state index is 0.728. The Balaban J connectivity index is 1.25. The van der Waals surface area contributed by atoms with Gasteiger partial charge in [0.25, 0.3) is 0 Å². The number of hydrogen-bond acceptors (Lipinski definition) is 2. The average Bonchev–Trinajstić information content (AvgIpc) is 2.98. The first kappa shape index (κ1) is 26.3. The molecule has 5 rings (SSSR count). The summed E-state index contributed by atoms with van der Waals surface area (Å²) in [6.07, 6.45) is 16.9. The third-order valence-electron chi connectivity index (χ3n) is 7.11. The van der Waals surface area contributed by atoms with E-state index in [0.29, 0.717) is 0 Å². The average molecular weight is 529 g/mol. The van der Waals surface area contributed by atoms with E-state index in [2.05, 4.69) is 91.0 Å². The largest absolute Gasteiger partial charge is 0.398 e. The topological polar surface area (TPSA) is 52.0 Å². The molecule has 0 radical (unpaired) electrons. The van der Waals surface area contributed by atoms with Gasteiger partial charge in [0.15, 0.2) is 0 Å². The van der Waals surface area contributed by atoms with E-state index in [1.165, 1.54) is 11.1 Å². The summed E-state index contributed by atoms with van der Waals surface area (Å²) < 4.78 is 0. The molecule has 0 aliphatic heterocycles. The first-order chi connectivity index (χ1) is 19.1. The lowest BCUT2D eigenvalue weighted by Gasteiger charge is -2.10. The second kappa shape index (κ2) is 12.5. The SMILES string of the molecule is N/C(=C\C=C1/CC=CCC1)c1ccc(-c2ccc(-c3ccc(C/C=C\c4ccccc4N)cc3)cc2Cl)cc1. The monoisotopic (exact) mass is 528 g/mol. The fraction of sp³-hybridized carbons (Fsp3) is 0.111. The lowest BCUT2D eigenvalue weighted by molar-refractivity contribution is 0.900. The molecule has 0 unspecified atom stereocenters. The van der Waals surface area contributed by atoms with Crippen LogP contribution in [0.5, 0.6) is 0 Å². The van der Waals surface area contributed by atoms with Crippen molar-refractivity contribution < 1.29 is 0 Å². The lowest BCUT2D eigenvalue weighted by atomic mass is 9.97. The van der Waals surface area contributed by atoms with Gasteiger partial charge in [-0.15, -0.1) is 0 Å². The van der Waals surface area contributed by atoms with Crippen LogP contribution in [-0.2, 0) is 6.42 Å². The van der Waals surface area contributed by atoms with E-state index in [9.17, 15) is 0 Å². The van der Waals surface area contributed by atoms with Gasteiger partial charge in [-0.2, -0.15) is 0 Å². The highest BCUT2D eigenvalue weighted by Gasteiger charge is 2.08. The van der Waals surface area contributed by atoms with Crippen LogP contribution >= 0.6 is 11.6 Å². The van der Waals surface area contributed by atoms with Crippen molar-refractivity contribution in [1.29, 1.82) is 0 Å². The molecule has 1 aliphatic carbocycles. The van der Waals surface area contributed by atoms with E-state index < -0.39 is 0 Å². The van der Waals surface area contributed by atoms with Crippen LogP contribution < -0.4 is 11.5 Å². The van der Waals surface area contributed by atoms with Crippen molar-refractivity contribution in [2.24, 2.45) is 5.73 Å². The maximum absolute atomic E-state index is 6.75. The van der Waals surface area contributed by atoms with Crippen molar-refractivity contribution in [2.45, 2.75) is 25.7 Å². The Labute approximate surface area is 236 Å². The minimum absolute atomic E-state index is 0.728. The Morgan fingerprint density at radius 2 is 1.56 bits per heavy atom. The number of nitrogen functional groups attached to an aromatic ring is 1. The highest BCUT2D eigenvalue weighted by molar-refractivity contribution is 6.33. The first-order valence-corrected chi connectivity index (χ1v) is 13.8. The molecule has 1 aliphatic rings. The van der Waals surface area contributed by atoms with Gasteiger partial charge in [-0.25, -0.2) is 0 Å². The molecule has 3 heteroatoms. The summed E-state index contributed by atoms with van der Waals surface area (Å²) >= 11 is 6.75. The van der Waals surface area contributed by atoms with Gasteiger partial charge in [-0.1, -0.05) is 126 Å². The fourth-order valence-corrected chi connectivity index (χ4v) is 5.06. The molecular weight excluding hydrogens is 496 g/mol. The molecule has 0 spiro atoms. The van der Waals surface area contributed by atoms with Crippen molar-refractivity contribution in [2.75, 3.05) is 5.73 Å². The molecule has 0 amide bonds. The third-order valence-corrected chi connectivity index (χ3v) is 7.42. The Hall–Kier alpha value is -4.27. The van der Waals surface area contributed by atoms with Crippen molar-refractivity contribution in [3.05, 3.63) is 149 Å². The highest BCUT2D eigenvalue weighted by Crippen LogP contribution is 2.33. The molecular formula is C36H33ClN2. The number of anilines is 1. The Morgan fingerprint density at radius 1 is 0.821 bits per heavy atom. The summed E-state index contributed by atoms with van der Waals surface area (Å²) in [5.41, 5.74) is 23.0. The second-order valence-electron chi connectivity index (χ2n) is 9.87. The van der Waals surface area contributed by atoms with Crippen LogP contribution in [0.15, 0.2) is 127 Å². The molecule has 0 bridgehead atoms. The minimum Gasteiger partial charge on any atom is -0.398 e. The molecule has 4 aromatic carbocycles. The third kappa shape index (κ3) is 6.79. The van der Waals surface area contributed by atoms with Gasteiger partial charge in [-0.05, 0) is 77.3 Å². The zero-order chi connectivity index (χ0) is 27.0. The quantitative estimate of drug-likeness (QED) is 0.185. The highest BCUT2D eigenvalue weighted by atomic mass is 35.5. The van der Waals surface area contributed by atoms with E-state index in [1.807, 2.05) is 36.4 Å². The molecule has 0 atom stereocenters. The first-order valence-electron chi connectivity index (χ1n) is 13.4. The van der Waals surface area contributed by atoms with E-state index in [-0.39, 0.29) is 0 Å². The van der Waals surface area contributed by atoms with Crippen LogP contribution in [0.4, 0.5) is 5.69 Å². The fourth-order valence-electron chi connectivity index (χ4n) is 4.77. The predicted octanol–water partition coefficient (Wildman–Crippen LogP) is 9.48. The molecule has 0 saturated carbocycles. The second-order valence-corrected chi connectivity index (χ2v) is 10.3. The van der Waals surface area contributed by atoms with E-state index in [0.717, 1.165) is 75.5 Å². The molecule has 39 heavy (non-hydrogen) atoms. The van der Waals surface area contributed by atoms with Crippen LogP contribution in [0.25, 0.3) is 34.0 Å². The van der Waals surface area contributed by atoms with E-state index in [4.69, 9.17) is 23.1 Å². The normalized spacial score (nSPS) is 14.8. The van der Waals surface area contributed by atoms with Gasteiger partial charge >= 0.3 is 0 Å². The summed E-state index contributed by atoms with van der Waals surface area (Å²) in [6, 6.07) is 31.0. The van der Waals surface area contributed by atoms with Crippen LogP contribution in [0.1, 0.15) is 36.0 Å². The summed E-state index contributed by atoms with van der Waals surface area (Å²) in [4.78, 5) is 0. The zero-order valence-corrected chi connectivity index (χ0v) is 22.7. The van der Waals surface area contributed by atoms with Crippen molar-refractivity contribution >= 4 is 29.1 Å². The zero-order valence-electron chi connectivity index (χ0n) is 22.0. The number of halogens is 1. The van der Waals surface area contributed by atoms with Gasteiger partial charge in [0.05, 0.1) is 0 Å². The van der Waals surface area contributed by atoms with E-state index in [1.54, 1.807) is 0 Å². The number of nitrogens with two attached hydrogens (primary N) is 2. The Bertz CT molecular complexity index is 1550. The lowest BCUT2D eigenvalue weighted by Crippen LogP contribution is -1.96. The maximum atomic E-state index is 6.75. The van der Waals surface area contributed by atoms with E-state index >= 15 is 0 Å². The van der Waals surface area contributed by atoms with Crippen molar-refractivity contribution in [3.8, 4) is 22.3 Å². The molecule has 0 aromatic heterocycles. The molecule has 0 fully saturated rings. The molecule has 0 heterocycles. The molecule has 4 aromatic rings.